The number of benzene rings is 2. The van der Waals surface area contributed by atoms with Gasteiger partial charge in [-0.05, 0) is 29.8 Å². The zero-order chi connectivity index (χ0) is 11.7. The molecule has 0 spiro atoms. The van der Waals surface area contributed by atoms with Crippen LogP contribution < -0.4 is 0 Å². The van der Waals surface area contributed by atoms with Gasteiger partial charge in [-0.1, -0.05) is 6.07 Å². The maximum Gasteiger partial charge on any atom is 0.165 e. The van der Waals surface area contributed by atoms with Gasteiger partial charge in [0, 0.05) is 11.6 Å². The number of rotatable bonds is 1. The highest BCUT2D eigenvalue weighted by Gasteiger charge is 2.08. The third-order valence-electron chi connectivity index (χ3n) is 2.19. The molecule has 2 aromatic rings. The molecule has 1 nitrogen and oxygen atoms in total. The Morgan fingerprint density at radius 3 is 2.19 bits per heavy atom. The minimum atomic E-state index is -0.846. The minimum Gasteiger partial charge on any atom is -0.505 e. The number of phenolic OH excluding ortho intramolecular Hbond substituents is 1. The Morgan fingerprint density at radius 1 is 0.812 bits per heavy atom. The molecule has 4 heteroatoms. The summed E-state index contributed by atoms with van der Waals surface area (Å²) in [4.78, 5) is 0. The maximum atomic E-state index is 13.3. The van der Waals surface area contributed by atoms with Crippen molar-refractivity contribution in [3.63, 3.8) is 0 Å². The Labute approximate surface area is 89.8 Å². The summed E-state index contributed by atoms with van der Waals surface area (Å²) in [6.45, 7) is 0. The van der Waals surface area contributed by atoms with Crippen LogP contribution in [-0.2, 0) is 0 Å². The van der Waals surface area contributed by atoms with Crippen LogP contribution in [0.2, 0.25) is 0 Å². The highest BCUT2D eigenvalue weighted by Crippen LogP contribution is 2.27. The summed E-state index contributed by atoms with van der Waals surface area (Å²) in [5.74, 6) is -2.82. The normalized spacial score (nSPS) is 10.4. The molecule has 0 atom stereocenters. The second-order valence-electron chi connectivity index (χ2n) is 3.29. The molecule has 1 N–H and O–H groups in total. The molecule has 0 unspecified atom stereocenters. The summed E-state index contributed by atoms with van der Waals surface area (Å²) in [6.07, 6.45) is 0. The van der Waals surface area contributed by atoms with Crippen LogP contribution in [0.1, 0.15) is 0 Å². The Morgan fingerprint density at radius 2 is 1.56 bits per heavy atom. The summed E-state index contributed by atoms with van der Waals surface area (Å²) < 4.78 is 39.0. The van der Waals surface area contributed by atoms with Crippen LogP contribution >= 0.6 is 0 Å². The average molecular weight is 224 g/mol. The molecule has 0 saturated carbocycles. The number of halogens is 3. The molecule has 0 aromatic heterocycles. The van der Waals surface area contributed by atoms with E-state index in [1.807, 2.05) is 0 Å². The smallest absolute Gasteiger partial charge is 0.165 e. The van der Waals surface area contributed by atoms with E-state index in [2.05, 4.69) is 0 Å². The van der Waals surface area contributed by atoms with E-state index in [0.29, 0.717) is 0 Å². The van der Waals surface area contributed by atoms with Gasteiger partial charge in [0.25, 0.3) is 0 Å². The van der Waals surface area contributed by atoms with E-state index in [-0.39, 0.29) is 11.1 Å². The second-order valence-corrected chi connectivity index (χ2v) is 3.29. The van der Waals surface area contributed by atoms with E-state index in [9.17, 15) is 13.2 Å². The standard InChI is InChI=1S/C12H7F3O/c13-8-2-3-9(10(14)6-8)7-1-4-12(16)11(15)5-7/h1-6,16H. The molecule has 0 saturated heterocycles. The topological polar surface area (TPSA) is 20.2 Å². The molecule has 0 heterocycles. The van der Waals surface area contributed by atoms with Crippen molar-refractivity contribution >= 4 is 0 Å². The SMILES string of the molecule is Oc1ccc(-c2ccc(F)cc2F)cc1F. The van der Waals surface area contributed by atoms with Crippen molar-refractivity contribution in [3.05, 3.63) is 53.8 Å². The zero-order valence-corrected chi connectivity index (χ0v) is 8.05. The molecule has 0 radical (unpaired) electrons. The molecule has 2 aromatic carbocycles. The lowest BCUT2D eigenvalue weighted by atomic mass is 10.0. The fourth-order valence-corrected chi connectivity index (χ4v) is 1.40. The van der Waals surface area contributed by atoms with E-state index in [1.165, 1.54) is 12.1 Å². The van der Waals surface area contributed by atoms with Crippen LogP contribution in [0.3, 0.4) is 0 Å². The lowest BCUT2D eigenvalue weighted by Gasteiger charge is -2.04. The van der Waals surface area contributed by atoms with E-state index in [0.717, 1.165) is 24.3 Å². The van der Waals surface area contributed by atoms with E-state index in [1.54, 1.807) is 0 Å². The fraction of sp³-hybridized carbons (Fsp3) is 0. The minimum absolute atomic E-state index is 0.0836. The summed E-state index contributed by atoms with van der Waals surface area (Å²) in [5.41, 5.74) is 0.327. The second kappa shape index (κ2) is 3.89. The van der Waals surface area contributed by atoms with Crippen LogP contribution in [0, 0.1) is 17.5 Å². The van der Waals surface area contributed by atoms with Gasteiger partial charge >= 0.3 is 0 Å². The molecule has 82 valence electrons. The zero-order valence-electron chi connectivity index (χ0n) is 8.05. The Kier molecular flexibility index (Phi) is 2.56. The van der Waals surface area contributed by atoms with Crippen LogP contribution in [0.25, 0.3) is 11.1 Å². The van der Waals surface area contributed by atoms with Crippen molar-refractivity contribution in [1.29, 1.82) is 0 Å². The van der Waals surface area contributed by atoms with Gasteiger partial charge in [0.05, 0.1) is 0 Å². The van der Waals surface area contributed by atoms with Crippen molar-refractivity contribution in [2.45, 2.75) is 0 Å². The molecule has 0 amide bonds. The first-order chi connectivity index (χ1) is 7.58. The largest absolute Gasteiger partial charge is 0.505 e. The third kappa shape index (κ3) is 1.86. The number of hydrogen-bond donors (Lipinski definition) is 1. The van der Waals surface area contributed by atoms with Gasteiger partial charge in [0.2, 0.25) is 0 Å². The molecule has 0 bridgehead atoms. The third-order valence-corrected chi connectivity index (χ3v) is 2.19. The maximum absolute atomic E-state index is 13.3. The molecule has 0 aliphatic rings. The summed E-state index contributed by atoms with van der Waals surface area (Å²) in [7, 11) is 0. The lowest BCUT2D eigenvalue weighted by Crippen LogP contribution is -1.87. The first kappa shape index (κ1) is 10.5. The Bertz CT molecular complexity index is 538. The van der Waals surface area contributed by atoms with E-state index >= 15 is 0 Å². The monoisotopic (exact) mass is 224 g/mol. The molecule has 0 aliphatic heterocycles. The van der Waals surface area contributed by atoms with Crippen LogP contribution in [0.15, 0.2) is 36.4 Å². The number of hydrogen-bond acceptors (Lipinski definition) is 1. The number of aromatic hydroxyl groups is 1. The predicted molar refractivity (Wildman–Crippen MR) is 53.4 cm³/mol. The van der Waals surface area contributed by atoms with Gasteiger partial charge in [-0.15, -0.1) is 0 Å². The van der Waals surface area contributed by atoms with Crippen molar-refractivity contribution in [2.24, 2.45) is 0 Å². The highest BCUT2D eigenvalue weighted by molar-refractivity contribution is 5.65. The Hall–Kier alpha value is -1.97. The van der Waals surface area contributed by atoms with E-state index < -0.39 is 23.2 Å². The van der Waals surface area contributed by atoms with Gasteiger partial charge in [-0.2, -0.15) is 0 Å². The highest BCUT2D eigenvalue weighted by atomic mass is 19.1. The quantitative estimate of drug-likeness (QED) is 0.786. The summed E-state index contributed by atoms with van der Waals surface area (Å²) in [5, 5.41) is 8.98. The summed E-state index contributed by atoms with van der Waals surface area (Å²) >= 11 is 0. The van der Waals surface area contributed by atoms with Gasteiger partial charge in [-0.3, -0.25) is 0 Å². The average Bonchev–Trinajstić information content (AvgIpc) is 2.22. The molecular weight excluding hydrogens is 217 g/mol. The van der Waals surface area contributed by atoms with Crippen molar-refractivity contribution in [1.82, 2.24) is 0 Å². The van der Waals surface area contributed by atoms with Crippen LogP contribution in [0.4, 0.5) is 13.2 Å². The van der Waals surface area contributed by atoms with Gasteiger partial charge in [0.1, 0.15) is 11.6 Å². The lowest BCUT2D eigenvalue weighted by molar-refractivity contribution is 0.432. The molecule has 2 rings (SSSR count). The fourth-order valence-electron chi connectivity index (χ4n) is 1.40. The Balaban J connectivity index is 2.54. The number of phenols is 1. The van der Waals surface area contributed by atoms with Crippen LogP contribution in [0.5, 0.6) is 5.75 Å². The first-order valence-corrected chi connectivity index (χ1v) is 4.52. The molecular formula is C12H7F3O. The van der Waals surface area contributed by atoms with E-state index in [4.69, 9.17) is 5.11 Å². The van der Waals surface area contributed by atoms with Crippen molar-refractivity contribution < 1.29 is 18.3 Å². The summed E-state index contributed by atoms with van der Waals surface area (Å²) in [6, 6.07) is 6.49. The van der Waals surface area contributed by atoms with Gasteiger partial charge in [0.15, 0.2) is 11.6 Å². The van der Waals surface area contributed by atoms with Gasteiger partial charge in [-0.25, -0.2) is 13.2 Å². The molecule has 16 heavy (non-hydrogen) atoms. The van der Waals surface area contributed by atoms with Gasteiger partial charge < -0.3 is 5.11 Å². The molecule has 0 aliphatic carbocycles. The van der Waals surface area contributed by atoms with Crippen LogP contribution in [-0.4, -0.2) is 5.11 Å². The van der Waals surface area contributed by atoms with Crippen molar-refractivity contribution in [3.8, 4) is 16.9 Å². The first-order valence-electron chi connectivity index (χ1n) is 4.52. The van der Waals surface area contributed by atoms with Crippen molar-refractivity contribution in [2.75, 3.05) is 0 Å². The predicted octanol–water partition coefficient (Wildman–Crippen LogP) is 3.48. The molecule has 0 fully saturated rings.